The maximum atomic E-state index is 13.1. The van der Waals surface area contributed by atoms with Crippen LogP contribution in [0.3, 0.4) is 0 Å². The summed E-state index contributed by atoms with van der Waals surface area (Å²) in [6.45, 7) is 1.29. The van der Waals surface area contributed by atoms with Gasteiger partial charge in [0.05, 0.1) is 23.9 Å². The first-order valence-electron chi connectivity index (χ1n) is 12.9. The van der Waals surface area contributed by atoms with Crippen molar-refractivity contribution in [3.8, 4) is 11.1 Å². The van der Waals surface area contributed by atoms with E-state index in [0.717, 1.165) is 32.8 Å². The van der Waals surface area contributed by atoms with Gasteiger partial charge in [0.25, 0.3) is 11.8 Å². The predicted octanol–water partition coefficient (Wildman–Crippen LogP) is 4.33. The maximum Gasteiger partial charge on any atom is 0.407 e. The molecule has 0 radical (unpaired) electrons. The quantitative estimate of drug-likeness (QED) is 0.258. The number of fused-ring (bicyclic) bond motifs is 4. The highest BCUT2D eigenvalue weighted by molar-refractivity contribution is 6.22. The molecule has 0 saturated carbocycles. The van der Waals surface area contributed by atoms with Crippen LogP contribution in [0.15, 0.2) is 79.1 Å². The van der Waals surface area contributed by atoms with E-state index in [4.69, 9.17) is 9.47 Å². The summed E-state index contributed by atoms with van der Waals surface area (Å²) < 4.78 is 10.7. The molecule has 3 aromatic rings. The zero-order chi connectivity index (χ0) is 28.4. The number of imide groups is 1. The molecule has 1 aliphatic carbocycles. The predicted molar refractivity (Wildman–Crippen MR) is 149 cm³/mol. The van der Waals surface area contributed by atoms with Crippen molar-refractivity contribution in [2.45, 2.75) is 18.9 Å². The molecule has 0 aromatic heterocycles. The molecule has 1 atom stereocenters. The van der Waals surface area contributed by atoms with Gasteiger partial charge in [-0.3, -0.25) is 14.5 Å². The number of allylic oxidation sites excluding steroid dienone is 1. The van der Waals surface area contributed by atoms with E-state index in [9.17, 15) is 19.2 Å². The first kappa shape index (κ1) is 26.7. The SMILES string of the molecule is C/C=C/OC(=O)[C@H](CN1C(=O)c2ccc(N(C)C)cc2C1=O)NC(=O)OCC1c2ccccc2-c2ccccc21. The summed E-state index contributed by atoms with van der Waals surface area (Å²) in [6.07, 6.45) is 1.81. The fraction of sp³-hybridized carbons (Fsp3) is 0.226. The molecule has 0 fully saturated rings. The molecule has 5 rings (SSSR count). The molecular formula is C31H29N3O6. The number of anilines is 1. The number of hydrogen-bond donors (Lipinski definition) is 1. The van der Waals surface area contributed by atoms with Crippen molar-refractivity contribution < 1.29 is 28.7 Å². The minimum Gasteiger partial charge on any atom is -0.449 e. The number of carbonyl (C=O) groups is 4. The van der Waals surface area contributed by atoms with Crippen molar-refractivity contribution in [2.24, 2.45) is 0 Å². The number of hydrogen-bond acceptors (Lipinski definition) is 7. The van der Waals surface area contributed by atoms with E-state index >= 15 is 0 Å². The Balaban J connectivity index is 1.31. The Labute approximate surface area is 232 Å². The molecule has 1 aliphatic heterocycles. The van der Waals surface area contributed by atoms with E-state index in [1.807, 2.05) is 67.5 Å². The van der Waals surface area contributed by atoms with Gasteiger partial charge in [0, 0.05) is 25.7 Å². The minimum absolute atomic E-state index is 0.0385. The van der Waals surface area contributed by atoms with Gasteiger partial charge >= 0.3 is 12.1 Å². The number of rotatable bonds is 8. The van der Waals surface area contributed by atoms with Crippen LogP contribution in [0.4, 0.5) is 10.5 Å². The molecule has 1 heterocycles. The van der Waals surface area contributed by atoms with E-state index < -0.39 is 36.5 Å². The highest BCUT2D eigenvalue weighted by Gasteiger charge is 2.39. The summed E-state index contributed by atoms with van der Waals surface area (Å²) in [6, 6.07) is 19.5. The average Bonchev–Trinajstić information content (AvgIpc) is 3.41. The van der Waals surface area contributed by atoms with Crippen LogP contribution < -0.4 is 10.2 Å². The van der Waals surface area contributed by atoms with Crippen molar-refractivity contribution in [2.75, 3.05) is 32.1 Å². The highest BCUT2D eigenvalue weighted by Crippen LogP contribution is 2.44. The fourth-order valence-electron chi connectivity index (χ4n) is 5.08. The van der Waals surface area contributed by atoms with Gasteiger partial charge in [0.15, 0.2) is 0 Å². The molecule has 0 unspecified atom stereocenters. The number of nitrogens with one attached hydrogen (secondary N) is 1. The van der Waals surface area contributed by atoms with E-state index in [0.29, 0.717) is 0 Å². The third-order valence-electron chi connectivity index (χ3n) is 7.08. The van der Waals surface area contributed by atoms with Crippen molar-refractivity contribution in [3.05, 3.63) is 101 Å². The second kappa shape index (κ2) is 11.1. The molecule has 0 saturated heterocycles. The largest absolute Gasteiger partial charge is 0.449 e. The lowest BCUT2D eigenvalue weighted by Gasteiger charge is -2.22. The van der Waals surface area contributed by atoms with E-state index in [1.165, 1.54) is 12.3 Å². The second-order valence-electron chi connectivity index (χ2n) is 9.77. The van der Waals surface area contributed by atoms with E-state index in [-0.39, 0.29) is 23.7 Å². The first-order chi connectivity index (χ1) is 19.3. The van der Waals surface area contributed by atoms with Crippen LogP contribution in [0, 0.1) is 0 Å². The topological polar surface area (TPSA) is 105 Å². The second-order valence-corrected chi connectivity index (χ2v) is 9.77. The molecule has 0 spiro atoms. The molecule has 3 amide bonds. The monoisotopic (exact) mass is 539 g/mol. The summed E-state index contributed by atoms with van der Waals surface area (Å²) in [4.78, 5) is 54.7. The Kier molecular flexibility index (Phi) is 7.37. The zero-order valence-corrected chi connectivity index (χ0v) is 22.4. The van der Waals surface area contributed by atoms with Crippen LogP contribution >= 0.6 is 0 Å². The molecule has 40 heavy (non-hydrogen) atoms. The third kappa shape index (κ3) is 4.93. The Morgan fingerprint density at radius 1 is 0.925 bits per heavy atom. The van der Waals surface area contributed by atoms with Crippen LogP contribution in [-0.4, -0.2) is 62.1 Å². The first-order valence-corrected chi connectivity index (χ1v) is 12.9. The lowest BCUT2D eigenvalue weighted by Crippen LogP contribution is -2.50. The molecule has 9 heteroatoms. The summed E-state index contributed by atoms with van der Waals surface area (Å²) in [5.74, 6) is -2.11. The molecular weight excluding hydrogens is 510 g/mol. The Hall–Kier alpha value is -4.92. The molecule has 1 N–H and O–H groups in total. The Morgan fingerprint density at radius 3 is 2.17 bits per heavy atom. The summed E-state index contributed by atoms with van der Waals surface area (Å²) in [5, 5.41) is 2.50. The fourth-order valence-corrected chi connectivity index (χ4v) is 5.08. The van der Waals surface area contributed by atoms with E-state index in [1.54, 1.807) is 25.1 Å². The number of esters is 1. The van der Waals surface area contributed by atoms with Gasteiger partial charge in [-0.05, 0) is 47.4 Å². The number of benzene rings is 3. The van der Waals surface area contributed by atoms with Gasteiger partial charge < -0.3 is 19.7 Å². The smallest absolute Gasteiger partial charge is 0.407 e. The van der Waals surface area contributed by atoms with Crippen molar-refractivity contribution in [1.29, 1.82) is 0 Å². The number of alkyl carbamates (subject to hydrolysis) is 1. The number of amides is 3. The highest BCUT2D eigenvalue weighted by atomic mass is 16.6. The number of ether oxygens (including phenoxy) is 2. The van der Waals surface area contributed by atoms with E-state index in [2.05, 4.69) is 5.32 Å². The van der Waals surface area contributed by atoms with Crippen LogP contribution in [0.5, 0.6) is 0 Å². The van der Waals surface area contributed by atoms with Crippen LogP contribution in [0.25, 0.3) is 11.1 Å². The number of carbonyl (C=O) groups excluding carboxylic acids is 4. The molecule has 204 valence electrons. The summed E-state index contributed by atoms with van der Waals surface area (Å²) in [5.41, 5.74) is 5.48. The van der Waals surface area contributed by atoms with Gasteiger partial charge in [0.1, 0.15) is 12.6 Å². The van der Waals surface area contributed by atoms with Crippen molar-refractivity contribution in [1.82, 2.24) is 10.2 Å². The Bertz CT molecular complexity index is 1480. The maximum absolute atomic E-state index is 13.1. The molecule has 9 nitrogen and oxygen atoms in total. The summed E-state index contributed by atoms with van der Waals surface area (Å²) >= 11 is 0. The van der Waals surface area contributed by atoms with Gasteiger partial charge in [0.2, 0.25) is 0 Å². The van der Waals surface area contributed by atoms with Crippen molar-refractivity contribution >= 4 is 29.6 Å². The lowest BCUT2D eigenvalue weighted by molar-refractivity contribution is -0.140. The van der Waals surface area contributed by atoms with Gasteiger partial charge in [-0.25, -0.2) is 9.59 Å². The lowest BCUT2D eigenvalue weighted by atomic mass is 9.98. The molecule has 0 bridgehead atoms. The minimum atomic E-state index is -1.35. The van der Waals surface area contributed by atoms with Crippen LogP contribution in [0.2, 0.25) is 0 Å². The third-order valence-corrected chi connectivity index (χ3v) is 7.08. The molecule has 2 aliphatic rings. The van der Waals surface area contributed by atoms with Crippen LogP contribution in [-0.2, 0) is 14.3 Å². The van der Waals surface area contributed by atoms with Gasteiger partial charge in [-0.2, -0.15) is 0 Å². The van der Waals surface area contributed by atoms with Gasteiger partial charge in [-0.1, -0.05) is 54.6 Å². The number of nitrogens with zero attached hydrogens (tertiary/aromatic N) is 2. The van der Waals surface area contributed by atoms with Crippen molar-refractivity contribution in [3.63, 3.8) is 0 Å². The normalized spacial score (nSPS) is 14.5. The summed E-state index contributed by atoms with van der Waals surface area (Å²) in [7, 11) is 3.65. The Morgan fingerprint density at radius 2 is 1.55 bits per heavy atom. The standard InChI is InChI=1S/C31H29N3O6/c1-4-15-39-30(37)27(17-34-28(35)24-14-13-19(33(2)3)16-25(24)29(34)36)32-31(38)40-18-26-22-11-7-5-9-20(22)21-10-6-8-12-23(21)26/h4-16,26-27H,17-18H2,1-3H3,(H,32,38)/b15-4+/t27-/m0/s1. The average molecular weight is 540 g/mol. The molecule has 3 aromatic carbocycles. The van der Waals surface area contributed by atoms with Crippen LogP contribution in [0.1, 0.15) is 44.7 Å². The zero-order valence-electron chi connectivity index (χ0n) is 22.4. The van der Waals surface area contributed by atoms with Gasteiger partial charge in [-0.15, -0.1) is 0 Å².